The van der Waals surface area contributed by atoms with Crippen LogP contribution in [0.5, 0.6) is 5.75 Å². The predicted molar refractivity (Wildman–Crippen MR) is 73.4 cm³/mol. The summed E-state index contributed by atoms with van der Waals surface area (Å²) in [7, 11) is 3.37. The second kappa shape index (κ2) is 6.26. The monoisotopic (exact) mass is 319 g/mol. The summed E-state index contributed by atoms with van der Waals surface area (Å²) in [5.41, 5.74) is 1.99. The van der Waals surface area contributed by atoms with E-state index in [-0.39, 0.29) is 4.82 Å². The Hall–Kier alpha value is -0.740. The summed E-state index contributed by atoms with van der Waals surface area (Å²) in [5.74, 6) is 0.808. The van der Waals surface area contributed by atoms with Gasteiger partial charge in [0.25, 0.3) is 4.82 Å². The van der Waals surface area contributed by atoms with Gasteiger partial charge in [-0.15, -0.1) is 0 Å². The van der Waals surface area contributed by atoms with Gasteiger partial charge in [0.1, 0.15) is 5.75 Å². The molecule has 0 bridgehead atoms. The van der Waals surface area contributed by atoms with Crippen LogP contribution < -0.4 is 4.74 Å². The minimum Gasteiger partial charge on any atom is -0.496 e. The van der Waals surface area contributed by atoms with E-state index in [9.17, 15) is 4.79 Å². The Kier molecular flexibility index (Phi) is 5.28. The van der Waals surface area contributed by atoms with Gasteiger partial charge in [-0.2, -0.15) is 0 Å². The molecule has 0 spiro atoms. The standard InChI is InChI=1S/C12H15BrClNO2/c1-8-6-11(17-3)9(7-10(8)14)4-5-15(2)12(13)16/h6-7H,4-5H2,1-3H3. The lowest BCUT2D eigenvalue weighted by molar-refractivity contribution is 0.235. The van der Waals surface area contributed by atoms with Crippen molar-refractivity contribution in [1.29, 1.82) is 0 Å². The molecule has 0 saturated heterocycles. The van der Waals surface area contributed by atoms with E-state index in [2.05, 4.69) is 15.9 Å². The normalized spacial score (nSPS) is 10.2. The molecule has 0 saturated carbocycles. The van der Waals surface area contributed by atoms with Crippen LogP contribution in [0, 0.1) is 6.92 Å². The van der Waals surface area contributed by atoms with Crippen LogP contribution in [-0.4, -0.2) is 30.4 Å². The lowest BCUT2D eigenvalue weighted by Crippen LogP contribution is -2.23. The number of hydrogen-bond acceptors (Lipinski definition) is 2. The van der Waals surface area contributed by atoms with Gasteiger partial charge in [0.2, 0.25) is 0 Å². The lowest BCUT2D eigenvalue weighted by Gasteiger charge is -2.15. The van der Waals surface area contributed by atoms with Crippen LogP contribution in [-0.2, 0) is 6.42 Å². The Morgan fingerprint density at radius 2 is 2.18 bits per heavy atom. The number of hydrogen-bond donors (Lipinski definition) is 0. The number of halogens is 2. The van der Waals surface area contributed by atoms with E-state index in [1.807, 2.05) is 19.1 Å². The molecule has 0 N–H and O–H groups in total. The average molecular weight is 321 g/mol. The molecule has 0 aliphatic heterocycles. The fourth-order valence-corrected chi connectivity index (χ4v) is 1.82. The lowest BCUT2D eigenvalue weighted by atomic mass is 10.1. The number of carbonyl (C=O) groups excluding carboxylic acids is 1. The average Bonchev–Trinajstić information content (AvgIpc) is 2.29. The first-order chi connectivity index (χ1) is 7.95. The third-order valence-corrected chi connectivity index (χ3v) is 3.59. The highest BCUT2D eigenvalue weighted by molar-refractivity contribution is 9.18. The first-order valence-electron chi connectivity index (χ1n) is 5.19. The molecule has 17 heavy (non-hydrogen) atoms. The summed E-state index contributed by atoms with van der Waals surface area (Å²) in [4.78, 5) is 12.5. The largest absolute Gasteiger partial charge is 0.496 e. The zero-order valence-electron chi connectivity index (χ0n) is 10.1. The molecule has 1 aromatic carbocycles. The van der Waals surface area contributed by atoms with Gasteiger partial charge in [-0.05, 0) is 36.6 Å². The van der Waals surface area contributed by atoms with E-state index < -0.39 is 0 Å². The number of rotatable bonds is 4. The molecule has 0 fully saturated rings. The fraction of sp³-hybridized carbons (Fsp3) is 0.417. The van der Waals surface area contributed by atoms with Gasteiger partial charge in [0.05, 0.1) is 7.11 Å². The van der Waals surface area contributed by atoms with Crippen LogP contribution in [0.2, 0.25) is 5.02 Å². The highest BCUT2D eigenvalue weighted by atomic mass is 79.9. The summed E-state index contributed by atoms with van der Waals surface area (Å²) in [6, 6.07) is 3.80. The van der Waals surface area contributed by atoms with Gasteiger partial charge < -0.3 is 9.64 Å². The Morgan fingerprint density at radius 1 is 1.53 bits per heavy atom. The van der Waals surface area contributed by atoms with Gasteiger partial charge in [-0.3, -0.25) is 4.79 Å². The Bertz CT molecular complexity index is 423. The van der Waals surface area contributed by atoms with Crippen LogP contribution in [0.4, 0.5) is 4.79 Å². The topological polar surface area (TPSA) is 29.5 Å². The fourth-order valence-electron chi connectivity index (χ4n) is 1.46. The number of amides is 1. The molecular formula is C12H15BrClNO2. The summed E-state index contributed by atoms with van der Waals surface area (Å²) < 4.78 is 5.30. The van der Waals surface area contributed by atoms with Crippen molar-refractivity contribution in [3.05, 3.63) is 28.3 Å². The van der Waals surface area contributed by atoms with Crippen molar-refractivity contribution >= 4 is 32.3 Å². The number of methoxy groups -OCH3 is 1. The van der Waals surface area contributed by atoms with Crippen molar-refractivity contribution in [2.24, 2.45) is 0 Å². The summed E-state index contributed by atoms with van der Waals surface area (Å²) in [6.45, 7) is 2.54. The van der Waals surface area contributed by atoms with Crippen LogP contribution in [0.25, 0.3) is 0 Å². The highest BCUT2D eigenvalue weighted by Crippen LogP contribution is 2.27. The molecule has 5 heteroatoms. The number of carbonyl (C=O) groups is 1. The quantitative estimate of drug-likeness (QED) is 0.626. The van der Waals surface area contributed by atoms with E-state index in [0.29, 0.717) is 18.0 Å². The molecule has 0 atom stereocenters. The minimum atomic E-state index is -0.130. The summed E-state index contributed by atoms with van der Waals surface area (Å²) in [5, 5.41) is 0.716. The summed E-state index contributed by atoms with van der Waals surface area (Å²) >= 11 is 8.98. The maximum atomic E-state index is 11.0. The molecule has 94 valence electrons. The Balaban J connectivity index is 2.83. The Labute approximate surface area is 115 Å². The number of nitrogens with zero attached hydrogens (tertiary/aromatic N) is 1. The molecule has 0 aliphatic carbocycles. The second-order valence-electron chi connectivity index (χ2n) is 3.84. The second-order valence-corrected chi connectivity index (χ2v) is 4.92. The maximum Gasteiger partial charge on any atom is 0.289 e. The molecule has 0 radical (unpaired) electrons. The number of ether oxygens (including phenoxy) is 1. The van der Waals surface area contributed by atoms with E-state index in [0.717, 1.165) is 16.9 Å². The van der Waals surface area contributed by atoms with Crippen LogP contribution >= 0.6 is 27.5 Å². The zero-order valence-corrected chi connectivity index (χ0v) is 12.4. The molecule has 3 nitrogen and oxygen atoms in total. The van der Waals surface area contributed by atoms with Crippen LogP contribution in [0.1, 0.15) is 11.1 Å². The highest BCUT2D eigenvalue weighted by Gasteiger charge is 2.09. The van der Waals surface area contributed by atoms with Gasteiger partial charge in [-0.25, -0.2) is 0 Å². The molecule has 1 rings (SSSR count). The third-order valence-electron chi connectivity index (χ3n) is 2.58. The van der Waals surface area contributed by atoms with Crippen molar-refractivity contribution in [1.82, 2.24) is 4.90 Å². The smallest absolute Gasteiger partial charge is 0.289 e. The molecule has 0 aliphatic rings. The first kappa shape index (κ1) is 14.3. The number of benzene rings is 1. The van der Waals surface area contributed by atoms with E-state index >= 15 is 0 Å². The summed E-state index contributed by atoms with van der Waals surface area (Å²) in [6.07, 6.45) is 0.705. The van der Waals surface area contributed by atoms with Gasteiger partial charge in [0.15, 0.2) is 0 Å². The maximum absolute atomic E-state index is 11.0. The minimum absolute atomic E-state index is 0.130. The number of aryl methyl sites for hydroxylation is 1. The predicted octanol–water partition coefficient (Wildman–Crippen LogP) is 3.65. The molecule has 0 heterocycles. The Morgan fingerprint density at radius 3 is 2.71 bits per heavy atom. The first-order valence-corrected chi connectivity index (χ1v) is 6.36. The van der Waals surface area contributed by atoms with Crippen molar-refractivity contribution in [3.8, 4) is 5.75 Å². The van der Waals surface area contributed by atoms with Crippen molar-refractivity contribution in [2.75, 3.05) is 20.7 Å². The van der Waals surface area contributed by atoms with Gasteiger partial charge in [-0.1, -0.05) is 11.6 Å². The molecule has 1 aromatic rings. The molecule has 0 unspecified atom stereocenters. The zero-order chi connectivity index (χ0) is 13.0. The van der Waals surface area contributed by atoms with Crippen LogP contribution in [0.15, 0.2) is 12.1 Å². The number of likely N-dealkylation sites (N-methyl/N-ethyl adjacent to an activating group) is 1. The van der Waals surface area contributed by atoms with E-state index in [1.54, 1.807) is 19.1 Å². The van der Waals surface area contributed by atoms with Gasteiger partial charge in [0, 0.05) is 34.5 Å². The van der Waals surface area contributed by atoms with Crippen molar-refractivity contribution in [2.45, 2.75) is 13.3 Å². The van der Waals surface area contributed by atoms with Crippen molar-refractivity contribution < 1.29 is 9.53 Å². The SMILES string of the molecule is COc1cc(C)c(Cl)cc1CCN(C)C(=O)Br. The molecular weight excluding hydrogens is 305 g/mol. The van der Waals surface area contributed by atoms with E-state index in [4.69, 9.17) is 16.3 Å². The van der Waals surface area contributed by atoms with Gasteiger partial charge >= 0.3 is 0 Å². The van der Waals surface area contributed by atoms with Crippen molar-refractivity contribution in [3.63, 3.8) is 0 Å². The molecule has 1 amide bonds. The third kappa shape index (κ3) is 3.89. The van der Waals surface area contributed by atoms with E-state index in [1.165, 1.54) is 0 Å². The molecule has 0 aromatic heterocycles. The van der Waals surface area contributed by atoms with Crippen LogP contribution in [0.3, 0.4) is 0 Å².